The Morgan fingerprint density at radius 3 is 2.55 bits per heavy atom. The Balaban J connectivity index is 2.60. The standard InChI is InChI=1S/C13H14N4O2S/c1-9-5-3-4-6-11(9)8-17-13(20(15,18)19)12(7-14)10(2)16-17/h3-6H,8H2,1-2H3,(H2,15,18,19). The summed E-state index contributed by atoms with van der Waals surface area (Å²) in [7, 11) is -4.01. The molecule has 6 nitrogen and oxygen atoms in total. The number of nitriles is 1. The fourth-order valence-corrected chi connectivity index (χ4v) is 2.91. The molecule has 0 saturated carbocycles. The summed E-state index contributed by atoms with van der Waals surface area (Å²) in [4.78, 5) is 0. The summed E-state index contributed by atoms with van der Waals surface area (Å²) in [6.07, 6.45) is 0. The molecule has 2 aromatic rings. The van der Waals surface area contributed by atoms with Crippen LogP contribution in [0.15, 0.2) is 29.3 Å². The highest BCUT2D eigenvalue weighted by Crippen LogP contribution is 2.19. The Labute approximate surface area is 117 Å². The second-order valence-electron chi connectivity index (χ2n) is 4.51. The van der Waals surface area contributed by atoms with Crippen molar-refractivity contribution in [2.24, 2.45) is 5.14 Å². The number of sulfonamides is 1. The first-order valence-electron chi connectivity index (χ1n) is 5.89. The SMILES string of the molecule is Cc1ccccc1Cn1nc(C)c(C#N)c1S(N)(=O)=O. The lowest BCUT2D eigenvalue weighted by Crippen LogP contribution is -2.19. The zero-order valence-corrected chi connectivity index (χ0v) is 12.0. The zero-order valence-electron chi connectivity index (χ0n) is 11.2. The number of hydrogen-bond donors (Lipinski definition) is 1. The van der Waals surface area contributed by atoms with Gasteiger partial charge in [-0.05, 0) is 25.0 Å². The van der Waals surface area contributed by atoms with E-state index in [-0.39, 0.29) is 17.1 Å². The van der Waals surface area contributed by atoms with Gasteiger partial charge in [-0.3, -0.25) is 0 Å². The molecule has 0 bridgehead atoms. The number of nitrogens with two attached hydrogens (primary N) is 1. The van der Waals surface area contributed by atoms with Crippen molar-refractivity contribution in [1.29, 1.82) is 5.26 Å². The van der Waals surface area contributed by atoms with Crippen molar-refractivity contribution in [2.45, 2.75) is 25.4 Å². The van der Waals surface area contributed by atoms with Gasteiger partial charge in [-0.25, -0.2) is 18.2 Å². The van der Waals surface area contributed by atoms with Crippen LogP contribution in [0.2, 0.25) is 0 Å². The molecule has 0 aliphatic carbocycles. The van der Waals surface area contributed by atoms with E-state index in [4.69, 9.17) is 10.4 Å². The lowest BCUT2D eigenvalue weighted by atomic mass is 10.1. The van der Waals surface area contributed by atoms with E-state index in [1.165, 1.54) is 4.68 Å². The van der Waals surface area contributed by atoms with Crippen molar-refractivity contribution < 1.29 is 8.42 Å². The highest BCUT2D eigenvalue weighted by atomic mass is 32.2. The molecule has 0 unspecified atom stereocenters. The molecule has 2 N–H and O–H groups in total. The van der Waals surface area contributed by atoms with Crippen LogP contribution in [-0.4, -0.2) is 18.2 Å². The lowest BCUT2D eigenvalue weighted by Gasteiger charge is -2.08. The molecule has 0 aliphatic rings. The van der Waals surface area contributed by atoms with Gasteiger partial charge in [-0.2, -0.15) is 10.4 Å². The normalized spacial score (nSPS) is 11.3. The Kier molecular flexibility index (Phi) is 3.61. The molecule has 104 valence electrons. The summed E-state index contributed by atoms with van der Waals surface area (Å²) in [6.45, 7) is 3.76. The fourth-order valence-electron chi connectivity index (χ4n) is 2.03. The number of aryl methyl sites for hydroxylation is 2. The lowest BCUT2D eigenvalue weighted by molar-refractivity contribution is 0.562. The van der Waals surface area contributed by atoms with Gasteiger partial charge < -0.3 is 0 Å². The summed E-state index contributed by atoms with van der Waals surface area (Å²) in [5.74, 6) is 0. The molecule has 0 amide bonds. The maximum Gasteiger partial charge on any atom is 0.256 e. The van der Waals surface area contributed by atoms with E-state index in [2.05, 4.69) is 5.10 Å². The van der Waals surface area contributed by atoms with Gasteiger partial charge in [0.05, 0.1) is 12.2 Å². The monoisotopic (exact) mass is 290 g/mol. The smallest absolute Gasteiger partial charge is 0.247 e. The van der Waals surface area contributed by atoms with Gasteiger partial charge in [0, 0.05) is 0 Å². The molecular weight excluding hydrogens is 276 g/mol. The average molecular weight is 290 g/mol. The summed E-state index contributed by atoms with van der Waals surface area (Å²) in [6, 6.07) is 9.41. The third-order valence-electron chi connectivity index (χ3n) is 3.04. The van der Waals surface area contributed by atoms with Crippen LogP contribution >= 0.6 is 0 Å². The quantitative estimate of drug-likeness (QED) is 0.913. The minimum absolute atomic E-state index is 0.00100. The Morgan fingerprint density at radius 1 is 1.35 bits per heavy atom. The van der Waals surface area contributed by atoms with E-state index in [1.54, 1.807) is 6.92 Å². The van der Waals surface area contributed by atoms with Crippen LogP contribution in [0.3, 0.4) is 0 Å². The molecule has 0 aliphatic heterocycles. The molecule has 0 saturated heterocycles. The molecule has 0 spiro atoms. The first-order chi connectivity index (χ1) is 9.34. The van der Waals surface area contributed by atoms with Crippen LogP contribution in [0.25, 0.3) is 0 Å². The van der Waals surface area contributed by atoms with Crippen LogP contribution < -0.4 is 5.14 Å². The third-order valence-corrected chi connectivity index (χ3v) is 4.00. The summed E-state index contributed by atoms with van der Waals surface area (Å²) in [5.41, 5.74) is 2.29. The van der Waals surface area contributed by atoms with Crippen LogP contribution in [0.1, 0.15) is 22.4 Å². The van der Waals surface area contributed by atoms with Crippen molar-refractivity contribution >= 4 is 10.0 Å². The zero-order chi connectivity index (χ0) is 14.9. The van der Waals surface area contributed by atoms with Gasteiger partial charge in [0.15, 0.2) is 5.03 Å². The molecule has 1 aromatic carbocycles. The number of rotatable bonds is 3. The minimum atomic E-state index is -4.01. The maximum atomic E-state index is 11.7. The molecule has 0 fully saturated rings. The Morgan fingerprint density at radius 2 is 2.00 bits per heavy atom. The van der Waals surface area contributed by atoms with Crippen LogP contribution in [0.5, 0.6) is 0 Å². The van der Waals surface area contributed by atoms with Crippen molar-refractivity contribution in [2.75, 3.05) is 0 Å². The first kappa shape index (κ1) is 14.2. The molecule has 1 heterocycles. The van der Waals surface area contributed by atoms with Crippen molar-refractivity contribution in [3.8, 4) is 6.07 Å². The minimum Gasteiger partial charge on any atom is -0.247 e. The largest absolute Gasteiger partial charge is 0.256 e. The summed E-state index contributed by atoms with van der Waals surface area (Å²) >= 11 is 0. The topological polar surface area (TPSA) is 102 Å². The second kappa shape index (κ2) is 5.07. The number of nitrogens with zero attached hydrogens (tertiary/aromatic N) is 3. The maximum absolute atomic E-state index is 11.7. The van der Waals surface area contributed by atoms with Crippen LogP contribution in [-0.2, 0) is 16.6 Å². The van der Waals surface area contributed by atoms with E-state index in [0.29, 0.717) is 5.69 Å². The molecule has 0 atom stereocenters. The summed E-state index contributed by atoms with van der Waals surface area (Å²) < 4.78 is 24.6. The third kappa shape index (κ3) is 2.57. The number of aromatic nitrogens is 2. The van der Waals surface area contributed by atoms with Crippen molar-refractivity contribution in [3.05, 3.63) is 46.6 Å². The predicted molar refractivity (Wildman–Crippen MR) is 73.3 cm³/mol. The van der Waals surface area contributed by atoms with Crippen molar-refractivity contribution in [1.82, 2.24) is 9.78 Å². The van der Waals surface area contributed by atoms with E-state index in [9.17, 15) is 8.42 Å². The highest BCUT2D eigenvalue weighted by Gasteiger charge is 2.24. The van der Waals surface area contributed by atoms with Crippen LogP contribution in [0, 0.1) is 25.2 Å². The predicted octanol–water partition coefficient (Wildman–Crippen LogP) is 1.07. The number of hydrogen-bond acceptors (Lipinski definition) is 4. The molecule has 20 heavy (non-hydrogen) atoms. The number of benzene rings is 1. The van der Waals surface area contributed by atoms with Gasteiger partial charge in [0.1, 0.15) is 11.6 Å². The van der Waals surface area contributed by atoms with E-state index in [1.807, 2.05) is 37.3 Å². The second-order valence-corrected chi connectivity index (χ2v) is 5.98. The molecule has 2 rings (SSSR count). The Hall–Kier alpha value is -2.17. The molecule has 0 radical (unpaired) electrons. The van der Waals surface area contributed by atoms with Gasteiger partial charge in [-0.15, -0.1) is 0 Å². The van der Waals surface area contributed by atoms with E-state index < -0.39 is 10.0 Å². The number of primary sulfonamides is 1. The van der Waals surface area contributed by atoms with Crippen molar-refractivity contribution in [3.63, 3.8) is 0 Å². The van der Waals surface area contributed by atoms with Gasteiger partial charge in [0.2, 0.25) is 0 Å². The first-order valence-corrected chi connectivity index (χ1v) is 7.44. The average Bonchev–Trinajstić information content (AvgIpc) is 2.68. The fraction of sp³-hybridized carbons (Fsp3) is 0.231. The molecule has 7 heteroatoms. The van der Waals surface area contributed by atoms with E-state index >= 15 is 0 Å². The molecule has 1 aromatic heterocycles. The summed E-state index contributed by atoms with van der Waals surface area (Å²) in [5, 5.41) is 18.2. The van der Waals surface area contributed by atoms with Gasteiger partial charge in [0.25, 0.3) is 10.0 Å². The molecular formula is C13H14N4O2S. The van der Waals surface area contributed by atoms with Gasteiger partial charge in [-0.1, -0.05) is 24.3 Å². The van der Waals surface area contributed by atoms with Gasteiger partial charge >= 0.3 is 0 Å². The van der Waals surface area contributed by atoms with Crippen LogP contribution in [0.4, 0.5) is 0 Å². The highest BCUT2D eigenvalue weighted by molar-refractivity contribution is 7.89. The Bertz CT molecular complexity index is 800. The van der Waals surface area contributed by atoms with E-state index in [0.717, 1.165) is 11.1 Å².